The molecule has 4 heteroatoms. The molecule has 1 saturated heterocycles. The minimum Gasteiger partial charge on any atom is -0.468 e. The summed E-state index contributed by atoms with van der Waals surface area (Å²) in [5.74, 6) is -0.182. The van der Waals surface area contributed by atoms with Crippen molar-refractivity contribution in [3.63, 3.8) is 0 Å². The van der Waals surface area contributed by atoms with Gasteiger partial charge in [-0.05, 0) is 5.56 Å². The van der Waals surface area contributed by atoms with E-state index in [9.17, 15) is 4.79 Å². The molecule has 1 N–H and O–H groups in total. The van der Waals surface area contributed by atoms with Gasteiger partial charge in [-0.1, -0.05) is 30.3 Å². The molecule has 1 atom stereocenters. The zero-order valence-corrected chi connectivity index (χ0v) is 10.1. The Balaban J connectivity index is 2.21. The summed E-state index contributed by atoms with van der Waals surface area (Å²) in [6.45, 7) is 3.57. The standard InChI is InChI=1S/C13H18N2O2/c1-17-13(16)12(11-5-3-2-4-6-11)15-9-7-14-8-10-15/h2-6,12,14H,7-10H2,1H3/t12-/m1/s1. The van der Waals surface area contributed by atoms with Crippen LogP contribution in [0.15, 0.2) is 30.3 Å². The van der Waals surface area contributed by atoms with E-state index in [1.165, 1.54) is 7.11 Å². The highest BCUT2D eigenvalue weighted by Gasteiger charge is 2.29. The maximum Gasteiger partial charge on any atom is 0.327 e. The number of ether oxygens (including phenoxy) is 1. The number of hydrogen-bond donors (Lipinski definition) is 1. The number of rotatable bonds is 3. The first-order valence-electron chi connectivity index (χ1n) is 5.90. The molecule has 0 bridgehead atoms. The Hall–Kier alpha value is -1.39. The van der Waals surface area contributed by atoms with Crippen LogP contribution in [-0.4, -0.2) is 44.2 Å². The molecule has 0 aromatic heterocycles. The summed E-state index contributed by atoms with van der Waals surface area (Å²) in [5, 5.41) is 3.28. The van der Waals surface area contributed by atoms with Gasteiger partial charge < -0.3 is 10.1 Å². The number of piperazine rings is 1. The Morgan fingerprint density at radius 2 is 1.94 bits per heavy atom. The van der Waals surface area contributed by atoms with Crippen LogP contribution in [0.2, 0.25) is 0 Å². The summed E-state index contributed by atoms with van der Waals surface area (Å²) in [4.78, 5) is 14.1. The van der Waals surface area contributed by atoms with Crippen molar-refractivity contribution in [3.05, 3.63) is 35.9 Å². The lowest BCUT2D eigenvalue weighted by Gasteiger charge is -2.33. The van der Waals surface area contributed by atoms with Crippen LogP contribution in [0.25, 0.3) is 0 Å². The molecular formula is C13H18N2O2. The second-order valence-electron chi connectivity index (χ2n) is 4.12. The molecule has 0 radical (unpaired) electrons. The normalized spacial score (nSPS) is 18.6. The van der Waals surface area contributed by atoms with Crippen molar-refractivity contribution in [3.8, 4) is 0 Å². The van der Waals surface area contributed by atoms with Gasteiger partial charge in [0.25, 0.3) is 0 Å². The fourth-order valence-corrected chi connectivity index (χ4v) is 2.18. The number of nitrogens with zero attached hydrogens (tertiary/aromatic N) is 1. The van der Waals surface area contributed by atoms with Gasteiger partial charge in [-0.25, -0.2) is 4.79 Å². The van der Waals surface area contributed by atoms with Crippen LogP contribution < -0.4 is 5.32 Å². The van der Waals surface area contributed by atoms with Crippen molar-refractivity contribution in [1.29, 1.82) is 0 Å². The largest absolute Gasteiger partial charge is 0.468 e. The Morgan fingerprint density at radius 3 is 2.53 bits per heavy atom. The minimum atomic E-state index is -0.275. The van der Waals surface area contributed by atoms with E-state index in [1.807, 2.05) is 30.3 Å². The van der Waals surface area contributed by atoms with E-state index in [-0.39, 0.29) is 12.0 Å². The third-order valence-electron chi connectivity index (χ3n) is 3.06. The Kier molecular flexibility index (Phi) is 4.12. The molecule has 0 aliphatic carbocycles. The van der Waals surface area contributed by atoms with Gasteiger partial charge in [-0.15, -0.1) is 0 Å². The molecule has 0 saturated carbocycles. The zero-order chi connectivity index (χ0) is 12.1. The monoisotopic (exact) mass is 234 g/mol. The molecule has 1 aromatic rings. The summed E-state index contributed by atoms with van der Waals surface area (Å²) in [7, 11) is 1.44. The van der Waals surface area contributed by atoms with E-state index in [4.69, 9.17) is 4.74 Å². The Labute approximate surface area is 102 Å². The van der Waals surface area contributed by atoms with Crippen molar-refractivity contribution in [2.24, 2.45) is 0 Å². The number of nitrogens with one attached hydrogen (secondary N) is 1. The molecule has 1 aliphatic heterocycles. The predicted octanol–water partition coefficient (Wildman–Crippen LogP) is 0.806. The number of methoxy groups -OCH3 is 1. The zero-order valence-electron chi connectivity index (χ0n) is 10.1. The van der Waals surface area contributed by atoms with E-state index in [0.29, 0.717) is 0 Å². The summed E-state index contributed by atoms with van der Waals surface area (Å²) in [6.07, 6.45) is 0. The van der Waals surface area contributed by atoms with Gasteiger partial charge in [-0.3, -0.25) is 4.90 Å². The van der Waals surface area contributed by atoms with E-state index >= 15 is 0 Å². The number of carbonyl (C=O) groups is 1. The first-order valence-corrected chi connectivity index (χ1v) is 5.90. The van der Waals surface area contributed by atoms with Crippen LogP contribution in [0.5, 0.6) is 0 Å². The lowest BCUT2D eigenvalue weighted by molar-refractivity contribution is -0.147. The molecule has 17 heavy (non-hydrogen) atoms. The van der Waals surface area contributed by atoms with Crippen LogP contribution in [0.4, 0.5) is 0 Å². The van der Waals surface area contributed by atoms with Gasteiger partial charge in [-0.2, -0.15) is 0 Å². The molecule has 1 aliphatic rings. The van der Waals surface area contributed by atoms with Crippen molar-refractivity contribution >= 4 is 5.97 Å². The molecule has 0 spiro atoms. The van der Waals surface area contributed by atoms with Crippen molar-refractivity contribution in [2.75, 3.05) is 33.3 Å². The predicted molar refractivity (Wildman–Crippen MR) is 65.6 cm³/mol. The third-order valence-corrected chi connectivity index (χ3v) is 3.06. The third kappa shape index (κ3) is 2.84. The average molecular weight is 234 g/mol. The van der Waals surface area contributed by atoms with Gasteiger partial charge in [0.15, 0.2) is 0 Å². The van der Waals surface area contributed by atoms with Crippen molar-refractivity contribution < 1.29 is 9.53 Å². The quantitative estimate of drug-likeness (QED) is 0.786. The number of esters is 1. The topological polar surface area (TPSA) is 41.6 Å². The highest BCUT2D eigenvalue weighted by Crippen LogP contribution is 2.22. The van der Waals surface area contributed by atoms with E-state index in [2.05, 4.69) is 10.2 Å². The minimum absolute atomic E-state index is 0.182. The van der Waals surface area contributed by atoms with Crippen LogP contribution in [0, 0.1) is 0 Å². The van der Waals surface area contributed by atoms with E-state index < -0.39 is 0 Å². The fourth-order valence-electron chi connectivity index (χ4n) is 2.18. The molecular weight excluding hydrogens is 216 g/mol. The second-order valence-corrected chi connectivity index (χ2v) is 4.12. The Morgan fingerprint density at radius 1 is 1.29 bits per heavy atom. The van der Waals surface area contributed by atoms with Crippen LogP contribution in [0.3, 0.4) is 0 Å². The number of carbonyl (C=O) groups excluding carboxylic acids is 1. The molecule has 2 rings (SSSR count). The second kappa shape index (κ2) is 5.80. The van der Waals surface area contributed by atoms with E-state index in [0.717, 1.165) is 31.7 Å². The molecule has 0 unspecified atom stereocenters. The average Bonchev–Trinajstić information content (AvgIpc) is 2.41. The number of benzene rings is 1. The summed E-state index contributed by atoms with van der Waals surface area (Å²) in [5.41, 5.74) is 1.00. The van der Waals surface area contributed by atoms with Gasteiger partial charge in [0, 0.05) is 26.2 Å². The Bertz CT molecular complexity index is 361. The van der Waals surface area contributed by atoms with Gasteiger partial charge in [0.2, 0.25) is 0 Å². The highest BCUT2D eigenvalue weighted by molar-refractivity contribution is 5.77. The van der Waals surface area contributed by atoms with Gasteiger partial charge in [0.1, 0.15) is 6.04 Å². The highest BCUT2D eigenvalue weighted by atomic mass is 16.5. The summed E-state index contributed by atoms with van der Waals surface area (Å²) in [6, 6.07) is 9.53. The lowest BCUT2D eigenvalue weighted by atomic mass is 10.0. The SMILES string of the molecule is COC(=O)[C@@H](c1ccccc1)N1CCNCC1. The molecule has 0 amide bonds. The molecule has 1 aromatic carbocycles. The maximum atomic E-state index is 11.9. The first-order chi connectivity index (χ1) is 8.33. The van der Waals surface area contributed by atoms with Gasteiger partial charge in [0.05, 0.1) is 7.11 Å². The maximum absolute atomic E-state index is 11.9. The summed E-state index contributed by atoms with van der Waals surface area (Å²) >= 11 is 0. The summed E-state index contributed by atoms with van der Waals surface area (Å²) < 4.78 is 4.92. The van der Waals surface area contributed by atoms with Crippen LogP contribution in [-0.2, 0) is 9.53 Å². The van der Waals surface area contributed by atoms with E-state index in [1.54, 1.807) is 0 Å². The molecule has 4 nitrogen and oxygen atoms in total. The molecule has 1 heterocycles. The lowest BCUT2D eigenvalue weighted by Crippen LogP contribution is -2.47. The fraction of sp³-hybridized carbons (Fsp3) is 0.462. The van der Waals surface area contributed by atoms with Crippen LogP contribution in [0.1, 0.15) is 11.6 Å². The first kappa shape index (κ1) is 12.1. The van der Waals surface area contributed by atoms with Gasteiger partial charge >= 0.3 is 5.97 Å². The molecule has 92 valence electrons. The number of hydrogen-bond acceptors (Lipinski definition) is 4. The van der Waals surface area contributed by atoms with Crippen molar-refractivity contribution in [1.82, 2.24) is 10.2 Å². The van der Waals surface area contributed by atoms with Crippen LogP contribution >= 0.6 is 0 Å². The smallest absolute Gasteiger partial charge is 0.327 e. The van der Waals surface area contributed by atoms with Crippen molar-refractivity contribution in [2.45, 2.75) is 6.04 Å². The molecule has 1 fully saturated rings.